The predicted octanol–water partition coefficient (Wildman–Crippen LogP) is 3.41. The minimum absolute atomic E-state index is 0.0200. The molecule has 3 heteroatoms. The van der Waals surface area contributed by atoms with Gasteiger partial charge in [0.1, 0.15) is 0 Å². The summed E-state index contributed by atoms with van der Waals surface area (Å²) in [6.45, 7) is 10.3. The second kappa shape index (κ2) is 5.29. The smallest absolute Gasteiger partial charge is 0.159 e. The van der Waals surface area contributed by atoms with E-state index in [4.69, 9.17) is 0 Å². The molecule has 0 aromatic rings. The third-order valence-corrected chi connectivity index (χ3v) is 7.40. The van der Waals surface area contributed by atoms with Crippen LogP contribution in [0.2, 0.25) is 0 Å². The Hall–Kier alpha value is -0.930. The first kappa shape index (κ1) is 16.9. The Labute approximate surface area is 139 Å². The zero-order valence-electron chi connectivity index (χ0n) is 14.7. The van der Waals surface area contributed by atoms with Gasteiger partial charge in [0, 0.05) is 11.8 Å². The van der Waals surface area contributed by atoms with Crippen molar-refractivity contribution in [2.24, 2.45) is 22.2 Å². The molecule has 0 bridgehead atoms. The number of aliphatic hydroxyl groups excluding tert-OH is 2. The maximum absolute atomic E-state index is 12.9. The molecule has 2 N–H and O–H groups in total. The molecule has 0 aromatic heterocycles. The number of carbonyl (C=O) groups is 1. The summed E-state index contributed by atoms with van der Waals surface area (Å²) in [7, 11) is 0. The lowest BCUT2D eigenvalue weighted by molar-refractivity contribution is -0.141. The van der Waals surface area contributed by atoms with Crippen molar-refractivity contribution in [2.45, 2.75) is 65.4 Å². The van der Waals surface area contributed by atoms with Crippen molar-refractivity contribution in [1.82, 2.24) is 0 Å². The summed E-state index contributed by atoms with van der Waals surface area (Å²) in [6, 6.07) is 0. The van der Waals surface area contributed by atoms with E-state index in [-0.39, 0.29) is 29.1 Å². The predicted molar refractivity (Wildman–Crippen MR) is 90.8 cm³/mol. The summed E-state index contributed by atoms with van der Waals surface area (Å²) in [5, 5.41) is 20.5. The van der Waals surface area contributed by atoms with E-state index in [0.717, 1.165) is 31.3 Å². The van der Waals surface area contributed by atoms with Crippen LogP contribution >= 0.6 is 0 Å². The normalized spacial score (nSPS) is 47.1. The summed E-state index contributed by atoms with van der Waals surface area (Å²) >= 11 is 0. The van der Waals surface area contributed by atoms with Crippen molar-refractivity contribution in [1.29, 1.82) is 0 Å². The Morgan fingerprint density at radius 3 is 2.61 bits per heavy atom. The van der Waals surface area contributed by atoms with Gasteiger partial charge in [0.25, 0.3) is 0 Å². The molecule has 0 heterocycles. The van der Waals surface area contributed by atoms with Crippen LogP contribution in [-0.4, -0.2) is 28.7 Å². The zero-order chi connectivity index (χ0) is 17.0. The van der Waals surface area contributed by atoms with Gasteiger partial charge in [-0.05, 0) is 54.4 Å². The van der Waals surface area contributed by atoms with E-state index >= 15 is 0 Å². The molecule has 5 atom stereocenters. The average Bonchev–Trinajstić information content (AvgIpc) is 2.54. The van der Waals surface area contributed by atoms with Gasteiger partial charge in [-0.3, -0.25) is 4.79 Å². The summed E-state index contributed by atoms with van der Waals surface area (Å²) in [4.78, 5) is 12.9. The standard InChI is InChI=1S/C20H30O3/c1-5-18(2)8-6-14-13(11-18)15(22)10-16-19(14,3)9-7-17(23)20(16,4)12-21/h5,16-17,21,23H,1,6-12H2,2-4H3/t16-,17+,18+,19-,20-/m1/s1. The van der Waals surface area contributed by atoms with Gasteiger partial charge in [-0.1, -0.05) is 32.4 Å². The fraction of sp³-hybridized carbons (Fsp3) is 0.750. The molecular formula is C20H30O3. The van der Waals surface area contributed by atoms with Crippen molar-refractivity contribution in [3.63, 3.8) is 0 Å². The fourth-order valence-corrected chi connectivity index (χ4v) is 5.48. The van der Waals surface area contributed by atoms with Crippen LogP contribution in [0.4, 0.5) is 0 Å². The van der Waals surface area contributed by atoms with E-state index in [1.54, 1.807) is 0 Å². The Kier molecular flexibility index (Phi) is 3.89. The maximum Gasteiger partial charge on any atom is 0.159 e. The van der Waals surface area contributed by atoms with Gasteiger partial charge in [0.2, 0.25) is 0 Å². The number of ketones is 1. The highest BCUT2D eigenvalue weighted by Gasteiger charge is 2.58. The number of aliphatic hydroxyl groups is 2. The van der Waals surface area contributed by atoms with Crippen molar-refractivity contribution >= 4 is 5.78 Å². The van der Waals surface area contributed by atoms with E-state index in [2.05, 4.69) is 20.4 Å². The lowest BCUT2D eigenvalue weighted by atomic mass is 9.47. The summed E-state index contributed by atoms with van der Waals surface area (Å²) in [5.74, 6) is 0.257. The minimum atomic E-state index is -0.583. The minimum Gasteiger partial charge on any atom is -0.396 e. The van der Waals surface area contributed by atoms with Crippen LogP contribution in [0.15, 0.2) is 23.8 Å². The summed E-state index contributed by atoms with van der Waals surface area (Å²) in [6.07, 6.45) is 6.31. The molecule has 0 unspecified atom stereocenters. The van der Waals surface area contributed by atoms with Crippen molar-refractivity contribution in [3.05, 3.63) is 23.8 Å². The van der Waals surface area contributed by atoms with Crippen LogP contribution in [0.5, 0.6) is 0 Å². The molecule has 0 aliphatic heterocycles. The molecule has 0 aromatic carbocycles. The van der Waals surface area contributed by atoms with Gasteiger partial charge < -0.3 is 10.2 Å². The largest absolute Gasteiger partial charge is 0.396 e. The molecule has 23 heavy (non-hydrogen) atoms. The molecule has 0 radical (unpaired) electrons. The van der Waals surface area contributed by atoms with Crippen molar-refractivity contribution in [2.75, 3.05) is 6.61 Å². The van der Waals surface area contributed by atoms with Gasteiger partial charge in [-0.25, -0.2) is 0 Å². The first-order chi connectivity index (χ1) is 10.7. The second-order valence-corrected chi connectivity index (χ2v) is 8.81. The molecule has 128 valence electrons. The van der Waals surface area contributed by atoms with Crippen LogP contribution in [0.1, 0.15) is 59.3 Å². The van der Waals surface area contributed by atoms with E-state index in [9.17, 15) is 15.0 Å². The Morgan fingerprint density at radius 2 is 2.00 bits per heavy atom. The number of Topliss-reactive ketones (excluding diaryl/α,β-unsaturated/α-hetero) is 1. The first-order valence-corrected chi connectivity index (χ1v) is 8.88. The van der Waals surface area contributed by atoms with Gasteiger partial charge in [0.05, 0.1) is 12.7 Å². The lowest BCUT2D eigenvalue weighted by Crippen LogP contribution is -2.57. The van der Waals surface area contributed by atoms with E-state index in [0.29, 0.717) is 12.8 Å². The first-order valence-electron chi connectivity index (χ1n) is 8.88. The van der Waals surface area contributed by atoms with Gasteiger partial charge in [-0.2, -0.15) is 0 Å². The molecule has 3 nitrogen and oxygen atoms in total. The molecule has 3 aliphatic carbocycles. The average molecular weight is 318 g/mol. The van der Waals surface area contributed by atoms with Crippen molar-refractivity contribution in [3.8, 4) is 0 Å². The summed E-state index contributed by atoms with van der Waals surface area (Å²) < 4.78 is 0. The van der Waals surface area contributed by atoms with E-state index in [1.807, 2.05) is 13.0 Å². The lowest BCUT2D eigenvalue weighted by Gasteiger charge is -2.58. The molecule has 3 rings (SSSR count). The third kappa shape index (κ3) is 2.27. The number of hydrogen-bond donors (Lipinski definition) is 2. The number of fused-ring (bicyclic) bond motifs is 2. The molecule has 0 amide bonds. The third-order valence-electron chi connectivity index (χ3n) is 7.40. The SMILES string of the molecule is C=C[C@@]1(C)CCC2=C(C1)C(=O)C[C@H]1[C@@](C)(CO)[C@@H](O)CC[C@]21C. The van der Waals surface area contributed by atoms with Gasteiger partial charge in [0.15, 0.2) is 5.78 Å². The molecule has 3 aliphatic rings. The van der Waals surface area contributed by atoms with E-state index < -0.39 is 11.5 Å². The van der Waals surface area contributed by atoms with Crippen LogP contribution in [0, 0.1) is 22.2 Å². The van der Waals surface area contributed by atoms with E-state index in [1.165, 1.54) is 5.57 Å². The molecule has 1 fully saturated rings. The van der Waals surface area contributed by atoms with Gasteiger partial charge in [-0.15, -0.1) is 6.58 Å². The quantitative estimate of drug-likeness (QED) is 0.767. The number of rotatable bonds is 2. The highest BCUT2D eigenvalue weighted by Crippen LogP contribution is 2.62. The van der Waals surface area contributed by atoms with Crippen LogP contribution < -0.4 is 0 Å². The highest BCUT2D eigenvalue weighted by atomic mass is 16.3. The molecule has 1 saturated carbocycles. The molecule has 0 spiro atoms. The Balaban J connectivity index is 2.08. The number of hydrogen-bond acceptors (Lipinski definition) is 3. The van der Waals surface area contributed by atoms with Crippen LogP contribution in [0.25, 0.3) is 0 Å². The summed E-state index contributed by atoms with van der Waals surface area (Å²) in [5.41, 5.74) is 1.70. The van der Waals surface area contributed by atoms with Crippen LogP contribution in [0.3, 0.4) is 0 Å². The van der Waals surface area contributed by atoms with Crippen LogP contribution in [-0.2, 0) is 4.79 Å². The monoisotopic (exact) mass is 318 g/mol. The Morgan fingerprint density at radius 1 is 1.30 bits per heavy atom. The topological polar surface area (TPSA) is 57.5 Å². The Bertz CT molecular complexity index is 577. The van der Waals surface area contributed by atoms with Crippen molar-refractivity contribution < 1.29 is 15.0 Å². The zero-order valence-corrected chi connectivity index (χ0v) is 14.7. The second-order valence-electron chi connectivity index (χ2n) is 8.81. The highest BCUT2D eigenvalue weighted by molar-refractivity contribution is 5.98. The molecule has 0 saturated heterocycles. The molecular weight excluding hydrogens is 288 g/mol. The number of carbonyl (C=O) groups excluding carboxylic acids is 1. The number of allylic oxidation sites excluding steroid dienone is 3. The fourth-order valence-electron chi connectivity index (χ4n) is 5.48. The maximum atomic E-state index is 12.9. The van der Waals surface area contributed by atoms with Gasteiger partial charge >= 0.3 is 0 Å².